The second kappa shape index (κ2) is 8.60. The average molecular weight is 406 g/mol. The van der Waals surface area contributed by atoms with E-state index in [1.54, 1.807) is 6.07 Å². The Balaban J connectivity index is 1.66. The zero-order chi connectivity index (χ0) is 20.3. The van der Waals surface area contributed by atoms with Crippen molar-refractivity contribution in [3.8, 4) is 5.75 Å². The van der Waals surface area contributed by atoms with Crippen LogP contribution in [0.3, 0.4) is 0 Å². The summed E-state index contributed by atoms with van der Waals surface area (Å²) in [5, 5.41) is 2.83. The van der Waals surface area contributed by atoms with E-state index in [-0.39, 0.29) is 17.6 Å². The van der Waals surface area contributed by atoms with Crippen LogP contribution in [0.25, 0.3) is 0 Å². The first-order valence-electron chi connectivity index (χ1n) is 8.72. The van der Waals surface area contributed by atoms with Crippen LogP contribution in [0.4, 0.5) is 14.5 Å². The van der Waals surface area contributed by atoms with E-state index in [1.807, 2.05) is 25.1 Å². The molecule has 1 fully saturated rings. The summed E-state index contributed by atoms with van der Waals surface area (Å²) in [5.41, 5.74) is 1.68. The predicted molar refractivity (Wildman–Crippen MR) is 104 cm³/mol. The molecule has 2 aromatic carbocycles. The van der Waals surface area contributed by atoms with Gasteiger partial charge in [0.25, 0.3) is 5.91 Å². The number of carbonyl (C=O) groups excluding carboxylic acids is 2. The first-order valence-corrected chi connectivity index (χ1v) is 9.88. The van der Waals surface area contributed by atoms with Crippen molar-refractivity contribution in [1.29, 1.82) is 0 Å². The standard InChI is InChI=1S/C20H20F2N2O3S/c1-12-4-3-5-14(8-12)23-19(25)18-10-28-11-24(18)20(26)13(2)27-15-6-7-16(21)17(22)9-15/h3-9,13,18H,10-11H2,1-2H3,(H,23,25). The Morgan fingerprint density at radius 3 is 2.71 bits per heavy atom. The summed E-state index contributed by atoms with van der Waals surface area (Å²) in [7, 11) is 0. The molecule has 28 heavy (non-hydrogen) atoms. The van der Waals surface area contributed by atoms with Gasteiger partial charge in [0.15, 0.2) is 17.7 Å². The average Bonchev–Trinajstić information content (AvgIpc) is 3.14. The smallest absolute Gasteiger partial charge is 0.264 e. The highest BCUT2D eigenvalue weighted by Gasteiger charge is 2.37. The summed E-state index contributed by atoms with van der Waals surface area (Å²) in [6.07, 6.45) is -0.946. The minimum absolute atomic E-state index is 0.0485. The van der Waals surface area contributed by atoms with E-state index in [2.05, 4.69) is 5.32 Å². The molecule has 1 aliphatic heterocycles. The molecule has 2 unspecified atom stereocenters. The quantitative estimate of drug-likeness (QED) is 0.825. The largest absolute Gasteiger partial charge is 0.481 e. The fourth-order valence-corrected chi connectivity index (χ4v) is 4.03. The first kappa shape index (κ1) is 20.1. The molecule has 5 nitrogen and oxygen atoms in total. The molecule has 0 aliphatic carbocycles. The molecule has 2 amide bonds. The highest BCUT2D eigenvalue weighted by atomic mass is 32.2. The van der Waals surface area contributed by atoms with Crippen LogP contribution in [0.15, 0.2) is 42.5 Å². The van der Waals surface area contributed by atoms with Gasteiger partial charge in [-0.2, -0.15) is 0 Å². The molecular formula is C20H20F2N2O3S. The van der Waals surface area contributed by atoms with E-state index >= 15 is 0 Å². The fraction of sp³-hybridized carbons (Fsp3) is 0.300. The molecule has 0 spiro atoms. The summed E-state index contributed by atoms with van der Waals surface area (Å²) in [6.45, 7) is 3.44. The van der Waals surface area contributed by atoms with Crippen molar-refractivity contribution in [3.63, 3.8) is 0 Å². The lowest BCUT2D eigenvalue weighted by molar-refractivity contribution is -0.141. The summed E-state index contributed by atoms with van der Waals surface area (Å²) >= 11 is 1.47. The third-order valence-electron chi connectivity index (χ3n) is 4.31. The zero-order valence-electron chi connectivity index (χ0n) is 15.4. The molecule has 1 heterocycles. The van der Waals surface area contributed by atoms with Gasteiger partial charge in [0.1, 0.15) is 11.8 Å². The number of rotatable bonds is 5. The molecule has 1 aliphatic rings. The lowest BCUT2D eigenvalue weighted by Crippen LogP contribution is -2.48. The number of nitrogens with zero attached hydrogens (tertiary/aromatic N) is 1. The second-order valence-corrected chi connectivity index (χ2v) is 7.52. The maximum Gasteiger partial charge on any atom is 0.264 e. The second-order valence-electron chi connectivity index (χ2n) is 6.52. The van der Waals surface area contributed by atoms with Crippen LogP contribution in [0.2, 0.25) is 0 Å². The van der Waals surface area contributed by atoms with Crippen LogP contribution in [0.1, 0.15) is 12.5 Å². The van der Waals surface area contributed by atoms with Crippen LogP contribution in [-0.2, 0) is 9.59 Å². The molecular weight excluding hydrogens is 386 g/mol. The van der Waals surface area contributed by atoms with Crippen molar-refractivity contribution in [2.24, 2.45) is 0 Å². The highest BCUT2D eigenvalue weighted by Crippen LogP contribution is 2.25. The molecule has 2 aromatic rings. The lowest BCUT2D eigenvalue weighted by Gasteiger charge is -2.26. The van der Waals surface area contributed by atoms with Gasteiger partial charge in [-0.25, -0.2) is 8.78 Å². The van der Waals surface area contributed by atoms with Gasteiger partial charge in [-0.05, 0) is 43.7 Å². The van der Waals surface area contributed by atoms with Crippen LogP contribution in [-0.4, -0.2) is 40.5 Å². The number of thioether (sulfide) groups is 1. The third kappa shape index (κ3) is 4.62. The number of halogens is 2. The molecule has 148 valence electrons. The van der Waals surface area contributed by atoms with Gasteiger partial charge in [0.2, 0.25) is 5.91 Å². The van der Waals surface area contributed by atoms with E-state index in [1.165, 1.54) is 29.7 Å². The molecule has 0 saturated carbocycles. The summed E-state index contributed by atoms with van der Waals surface area (Å²) < 4.78 is 31.8. The summed E-state index contributed by atoms with van der Waals surface area (Å²) in [6, 6.07) is 9.85. The highest BCUT2D eigenvalue weighted by molar-refractivity contribution is 7.99. The first-order chi connectivity index (χ1) is 13.3. The number of benzene rings is 2. The van der Waals surface area contributed by atoms with Gasteiger partial charge in [-0.3, -0.25) is 9.59 Å². The maximum absolute atomic E-state index is 13.3. The third-order valence-corrected chi connectivity index (χ3v) is 5.32. The van der Waals surface area contributed by atoms with E-state index in [0.717, 1.165) is 17.7 Å². The van der Waals surface area contributed by atoms with Crippen LogP contribution >= 0.6 is 11.8 Å². The molecule has 0 bridgehead atoms. The Labute approximate surface area is 166 Å². The Morgan fingerprint density at radius 1 is 1.21 bits per heavy atom. The Morgan fingerprint density at radius 2 is 2.00 bits per heavy atom. The van der Waals surface area contributed by atoms with Crippen molar-refractivity contribution in [3.05, 3.63) is 59.7 Å². The van der Waals surface area contributed by atoms with Gasteiger partial charge in [0.05, 0.1) is 5.88 Å². The molecule has 1 saturated heterocycles. The van der Waals surface area contributed by atoms with Crippen LogP contribution in [0, 0.1) is 18.6 Å². The number of anilines is 1. The monoisotopic (exact) mass is 406 g/mol. The normalized spacial score (nSPS) is 17.3. The van der Waals surface area contributed by atoms with Gasteiger partial charge in [-0.1, -0.05) is 12.1 Å². The predicted octanol–water partition coefficient (Wildman–Crippen LogP) is 3.58. The maximum atomic E-state index is 13.3. The number of nitrogens with one attached hydrogen (secondary N) is 1. The van der Waals surface area contributed by atoms with E-state index in [9.17, 15) is 18.4 Å². The molecule has 3 rings (SSSR count). The van der Waals surface area contributed by atoms with Crippen molar-refractivity contribution in [1.82, 2.24) is 4.90 Å². The van der Waals surface area contributed by atoms with E-state index in [0.29, 0.717) is 17.3 Å². The minimum atomic E-state index is -1.05. The fourth-order valence-electron chi connectivity index (χ4n) is 2.86. The lowest BCUT2D eigenvalue weighted by atomic mass is 10.2. The van der Waals surface area contributed by atoms with E-state index < -0.39 is 23.8 Å². The van der Waals surface area contributed by atoms with Gasteiger partial charge < -0.3 is 15.0 Å². The van der Waals surface area contributed by atoms with Crippen LogP contribution in [0.5, 0.6) is 5.75 Å². The van der Waals surface area contributed by atoms with Gasteiger partial charge in [0, 0.05) is 17.5 Å². The van der Waals surface area contributed by atoms with Crippen molar-refractivity contribution in [2.75, 3.05) is 16.9 Å². The minimum Gasteiger partial charge on any atom is -0.481 e. The van der Waals surface area contributed by atoms with E-state index in [4.69, 9.17) is 4.74 Å². The summed E-state index contributed by atoms with van der Waals surface area (Å²) in [4.78, 5) is 26.9. The Kier molecular flexibility index (Phi) is 6.18. The number of aryl methyl sites for hydroxylation is 1. The zero-order valence-corrected chi connectivity index (χ0v) is 16.3. The van der Waals surface area contributed by atoms with Gasteiger partial charge in [-0.15, -0.1) is 11.8 Å². The Bertz CT molecular complexity index is 894. The summed E-state index contributed by atoms with van der Waals surface area (Å²) in [5.74, 6) is -1.83. The number of hydrogen-bond acceptors (Lipinski definition) is 4. The molecule has 0 aromatic heterocycles. The molecule has 2 atom stereocenters. The van der Waals surface area contributed by atoms with Crippen molar-refractivity contribution < 1.29 is 23.1 Å². The molecule has 1 N–H and O–H groups in total. The topological polar surface area (TPSA) is 58.6 Å². The molecule has 8 heteroatoms. The number of hydrogen-bond donors (Lipinski definition) is 1. The SMILES string of the molecule is Cc1cccc(NC(=O)C2CSCN2C(=O)C(C)Oc2ccc(F)c(F)c2)c1. The number of carbonyl (C=O) groups is 2. The Hall–Kier alpha value is -2.61. The van der Waals surface area contributed by atoms with Gasteiger partial charge >= 0.3 is 0 Å². The number of ether oxygens (including phenoxy) is 1. The van der Waals surface area contributed by atoms with Crippen LogP contribution < -0.4 is 10.1 Å². The number of amides is 2. The molecule has 0 radical (unpaired) electrons. The van der Waals surface area contributed by atoms with Crippen molar-refractivity contribution in [2.45, 2.75) is 26.0 Å². The van der Waals surface area contributed by atoms with Crippen molar-refractivity contribution >= 4 is 29.3 Å².